The number of benzene rings is 2. The molecule has 1 amide bonds. The fourth-order valence-corrected chi connectivity index (χ4v) is 2.43. The van der Waals surface area contributed by atoms with Gasteiger partial charge in [-0.2, -0.15) is 5.26 Å². The fourth-order valence-electron chi connectivity index (χ4n) is 2.43. The first-order chi connectivity index (χ1) is 12.0. The topological polar surface area (TPSA) is 71.8 Å². The lowest BCUT2D eigenvalue weighted by Crippen LogP contribution is -2.26. The average Bonchev–Trinajstić information content (AvgIpc) is 2.66. The average molecular weight is 340 g/mol. The molecular weight excluding hydrogens is 320 g/mol. The van der Waals surface area contributed by atoms with Crippen molar-refractivity contribution in [2.45, 2.75) is 6.54 Å². The molecule has 0 bridgehead atoms. The van der Waals surface area contributed by atoms with Gasteiger partial charge in [-0.1, -0.05) is 12.1 Å². The molecule has 6 nitrogen and oxygen atoms in total. The summed E-state index contributed by atoms with van der Waals surface area (Å²) in [5.41, 5.74) is 1.89. The van der Waals surface area contributed by atoms with Gasteiger partial charge in [-0.3, -0.25) is 4.79 Å². The van der Waals surface area contributed by atoms with Crippen molar-refractivity contribution >= 4 is 5.91 Å². The number of nitriles is 1. The molecule has 0 aliphatic heterocycles. The molecule has 2 rings (SSSR count). The number of carbonyl (C=O) groups excluding carboxylic acids is 1. The van der Waals surface area contributed by atoms with E-state index in [1.54, 1.807) is 36.2 Å². The summed E-state index contributed by atoms with van der Waals surface area (Å²) < 4.78 is 15.8. The summed E-state index contributed by atoms with van der Waals surface area (Å²) >= 11 is 0. The van der Waals surface area contributed by atoms with Crippen LogP contribution in [0.25, 0.3) is 0 Å². The Kier molecular flexibility index (Phi) is 5.85. The standard InChI is InChI=1S/C19H20N2O4/c1-21(12-14-7-5-13(11-20)6-8-14)19(22)15-9-17(24-3)18(25-4)10-16(15)23-2/h5-10H,12H2,1-4H3. The number of rotatable bonds is 6. The van der Waals surface area contributed by atoms with Crippen molar-refractivity contribution in [2.24, 2.45) is 0 Å². The summed E-state index contributed by atoms with van der Waals surface area (Å²) in [6, 6.07) is 12.4. The molecule has 0 spiro atoms. The van der Waals surface area contributed by atoms with E-state index in [0.29, 0.717) is 34.9 Å². The van der Waals surface area contributed by atoms with Crippen LogP contribution in [-0.2, 0) is 6.54 Å². The zero-order chi connectivity index (χ0) is 18.4. The van der Waals surface area contributed by atoms with E-state index in [1.165, 1.54) is 21.3 Å². The Morgan fingerprint density at radius 1 is 1.00 bits per heavy atom. The molecule has 0 unspecified atom stereocenters. The zero-order valence-electron chi connectivity index (χ0n) is 14.7. The predicted molar refractivity (Wildman–Crippen MR) is 93.1 cm³/mol. The van der Waals surface area contributed by atoms with Crippen LogP contribution < -0.4 is 14.2 Å². The molecule has 0 atom stereocenters. The van der Waals surface area contributed by atoms with Gasteiger partial charge in [0, 0.05) is 25.7 Å². The lowest BCUT2D eigenvalue weighted by atomic mass is 10.1. The van der Waals surface area contributed by atoms with Crippen LogP contribution in [0.15, 0.2) is 36.4 Å². The first-order valence-electron chi connectivity index (χ1n) is 7.58. The number of ether oxygens (including phenoxy) is 3. The summed E-state index contributed by atoms with van der Waals surface area (Å²) in [6.45, 7) is 0.405. The van der Waals surface area contributed by atoms with Crippen molar-refractivity contribution in [1.29, 1.82) is 5.26 Å². The van der Waals surface area contributed by atoms with Crippen molar-refractivity contribution in [3.8, 4) is 23.3 Å². The van der Waals surface area contributed by atoms with E-state index in [1.807, 2.05) is 12.1 Å². The molecular formula is C19H20N2O4. The van der Waals surface area contributed by atoms with E-state index in [-0.39, 0.29) is 5.91 Å². The first-order valence-corrected chi connectivity index (χ1v) is 7.58. The van der Waals surface area contributed by atoms with Gasteiger partial charge in [0.15, 0.2) is 11.5 Å². The molecule has 0 aliphatic rings. The zero-order valence-corrected chi connectivity index (χ0v) is 14.7. The molecule has 0 saturated heterocycles. The van der Waals surface area contributed by atoms with E-state index in [9.17, 15) is 4.79 Å². The Hall–Kier alpha value is -3.20. The van der Waals surface area contributed by atoms with Gasteiger partial charge in [0.25, 0.3) is 5.91 Å². The maximum absolute atomic E-state index is 12.8. The Morgan fingerprint density at radius 3 is 2.08 bits per heavy atom. The summed E-state index contributed by atoms with van der Waals surface area (Å²) in [7, 11) is 6.24. The van der Waals surface area contributed by atoms with E-state index in [4.69, 9.17) is 19.5 Å². The summed E-state index contributed by atoms with van der Waals surface area (Å²) in [6.07, 6.45) is 0. The highest BCUT2D eigenvalue weighted by atomic mass is 16.5. The smallest absolute Gasteiger partial charge is 0.257 e. The number of methoxy groups -OCH3 is 3. The Balaban J connectivity index is 2.27. The molecule has 0 N–H and O–H groups in total. The largest absolute Gasteiger partial charge is 0.496 e. The molecule has 0 saturated carbocycles. The normalized spacial score (nSPS) is 9.88. The van der Waals surface area contributed by atoms with Gasteiger partial charge in [-0.05, 0) is 17.7 Å². The predicted octanol–water partition coefficient (Wildman–Crippen LogP) is 2.86. The third-order valence-electron chi connectivity index (χ3n) is 3.79. The number of carbonyl (C=O) groups is 1. The van der Waals surface area contributed by atoms with Gasteiger partial charge >= 0.3 is 0 Å². The third kappa shape index (κ3) is 4.01. The molecule has 0 heterocycles. The minimum Gasteiger partial charge on any atom is -0.496 e. The quantitative estimate of drug-likeness (QED) is 0.808. The van der Waals surface area contributed by atoms with Crippen molar-refractivity contribution in [3.63, 3.8) is 0 Å². The number of hydrogen-bond acceptors (Lipinski definition) is 5. The third-order valence-corrected chi connectivity index (χ3v) is 3.79. The molecule has 130 valence electrons. The van der Waals surface area contributed by atoms with Crippen molar-refractivity contribution < 1.29 is 19.0 Å². The number of nitrogens with zero attached hydrogens (tertiary/aromatic N) is 2. The molecule has 25 heavy (non-hydrogen) atoms. The van der Waals surface area contributed by atoms with Crippen LogP contribution in [0, 0.1) is 11.3 Å². The van der Waals surface area contributed by atoms with Gasteiger partial charge in [0.2, 0.25) is 0 Å². The highest BCUT2D eigenvalue weighted by Gasteiger charge is 2.20. The van der Waals surface area contributed by atoms with Crippen LogP contribution >= 0.6 is 0 Å². The molecule has 0 fully saturated rings. The SMILES string of the molecule is COc1cc(OC)c(C(=O)N(C)Cc2ccc(C#N)cc2)cc1OC. The highest BCUT2D eigenvalue weighted by molar-refractivity contribution is 5.97. The van der Waals surface area contributed by atoms with Gasteiger partial charge in [-0.25, -0.2) is 0 Å². The molecule has 6 heteroatoms. The van der Waals surface area contributed by atoms with Crippen LogP contribution in [-0.4, -0.2) is 39.2 Å². The van der Waals surface area contributed by atoms with Crippen LogP contribution in [0.1, 0.15) is 21.5 Å². The number of hydrogen-bond donors (Lipinski definition) is 0. The fraction of sp³-hybridized carbons (Fsp3) is 0.263. The van der Waals surface area contributed by atoms with Gasteiger partial charge in [0.1, 0.15) is 5.75 Å². The lowest BCUT2D eigenvalue weighted by Gasteiger charge is -2.20. The Bertz CT molecular complexity index is 794. The maximum atomic E-state index is 12.8. The highest BCUT2D eigenvalue weighted by Crippen LogP contribution is 2.35. The first kappa shape index (κ1) is 18.1. The molecule has 2 aromatic carbocycles. The van der Waals surface area contributed by atoms with Gasteiger partial charge in [0.05, 0.1) is 38.5 Å². The molecule has 0 aliphatic carbocycles. The second-order valence-electron chi connectivity index (χ2n) is 5.38. The van der Waals surface area contributed by atoms with Gasteiger partial charge < -0.3 is 19.1 Å². The molecule has 0 radical (unpaired) electrons. The van der Waals surface area contributed by atoms with Crippen LogP contribution in [0.2, 0.25) is 0 Å². The van der Waals surface area contributed by atoms with Crippen LogP contribution in [0.3, 0.4) is 0 Å². The van der Waals surface area contributed by atoms with Crippen LogP contribution in [0.5, 0.6) is 17.2 Å². The van der Waals surface area contributed by atoms with Crippen molar-refractivity contribution in [2.75, 3.05) is 28.4 Å². The van der Waals surface area contributed by atoms with Gasteiger partial charge in [-0.15, -0.1) is 0 Å². The summed E-state index contributed by atoms with van der Waals surface area (Å²) in [5.74, 6) is 1.15. The number of amides is 1. The second kappa shape index (κ2) is 8.06. The molecule has 2 aromatic rings. The maximum Gasteiger partial charge on any atom is 0.257 e. The van der Waals surface area contributed by atoms with E-state index in [0.717, 1.165) is 5.56 Å². The van der Waals surface area contributed by atoms with Crippen molar-refractivity contribution in [3.05, 3.63) is 53.1 Å². The molecule has 0 aromatic heterocycles. The van der Waals surface area contributed by atoms with Crippen molar-refractivity contribution in [1.82, 2.24) is 4.90 Å². The monoisotopic (exact) mass is 340 g/mol. The minimum absolute atomic E-state index is 0.206. The Morgan fingerprint density at radius 2 is 1.56 bits per heavy atom. The minimum atomic E-state index is -0.206. The summed E-state index contributed by atoms with van der Waals surface area (Å²) in [4.78, 5) is 14.4. The van der Waals surface area contributed by atoms with E-state index >= 15 is 0 Å². The summed E-state index contributed by atoms with van der Waals surface area (Å²) in [5, 5.41) is 8.85. The van der Waals surface area contributed by atoms with Crippen LogP contribution in [0.4, 0.5) is 0 Å². The Labute approximate surface area is 147 Å². The van der Waals surface area contributed by atoms with E-state index < -0.39 is 0 Å². The lowest BCUT2D eigenvalue weighted by molar-refractivity contribution is 0.0781. The second-order valence-corrected chi connectivity index (χ2v) is 5.38. The van der Waals surface area contributed by atoms with E-state index in [2.05, 4.69) is 6.07 Å².